The smallest absolute Gasteiger partial charge is 0.320 e. The molecule has 1 fully saturated rings. The van der Waals surface area contributed by atoms with Gasteiger partial charge in [-0.15, -0.1) is 0 Å². The fourth-order valence-corrected chi connectivity index (χ4v) is 3.26. The summed E-state index contributed by atoms with van der Waals surface area (Å²) in [6.07, 6.45) is 4.65. The van der Waals surface area contributed by atoms with Crippen LogP contribution in [0.15, 0.2) is 29.8 Å². The highest BCUT2D eigenvalue weighted by Gasteiger charge is 2.41. The van der Waals surface area contributed by atoms with Crippen molar-refractivity contribution in [3.63, 3.8) is 0 Å². The Bertz CT molecular complexity index is 599. The normalized spacial score (nSPS) is 18.4. The Morgan fingerprint density at radius 2 is 1.72 bits per heavy atom. The molecule has 0 amide bonds. The van der Waals surface area contributed by atoms with Crippen LogP contribution in [0, 0.1) is 11.8 Å². The molecule has 1 unspecified atom stereocenters. The Balaban J connectivity index is 2.26. The van der Waals surface area contributed by atoms with Gasteiger partial charge in [0.1, 0.15) is 5.75 Å². The van der Waals surface area contributed by atoms with E-state index in [4.69, 9.17) is 14.2 Å². The van der Waals surface area contributed by atoms with Crippen molar-refractivity contribution in [3.05, 3.63) is 35.4 Å². The van der Waals surface area contributed by atoms with Gasteiger partial charge in [-0.05, 0) is 50.8 Å². The number of allylic oxidation sites excluding steroid dienone is 1. The van der Waals surface area contributed by atoms with Gasteiger partial charge in [-0.25, -0.2) is 0 Å². The molecular formula is C20H26O5. The predicted molar refractivity (Wildman–Crippen MR) is 95.1 cm³/mol. The number of ether oxygens (including phenoxy) is 3. The van der Waals surface area contributed by atoms with E-state index in [1.807, 2.05) is 24.3 Å². The van der Waals surface area contributed by atoms with Crippen molar-refractivity contribution in [2.24, 2.45) is 11.8 Å². The first-order valence-corrected chi connectivity index (χ1v) is 8.78. The van der Waals surface area contributed by atoms with Gasteiger partial charge >= 0.3 is 11.9 Å². The molecule has 136 valence electrons. The third-order valence-corrected chi connectivity index (χ3v) is 4.41. The topological polar surface area (TPSA) is 61.8 Å². The summed E-state index contributed by atoms with van der Waals surface area (Å²) in [5, 5.41) is 0. The highest BCUT2D eigenvalue weighted by Crippen LogP contribution is 2.39. The second-order valence-electron chi connectivity index (χ2n) is 5.97. The molecular weight excluding hydrogens is 320 g/mol. The number of carbonyl (C=O) groups excluding carboxylic acids is 2. The van der Waals surface area contributed by atoms with Crippen LogP contribution < -0.4 is 4.74 Å². The van der Waals surface area contributed by atoms with Crippen molar-refractivity contribution < 1.29 is 23.8 Å². The molecule has 1 saturated carbocycles. The zero-order chi connectivity index (χ0) is 18.2. The van der Waals surface area contributed by atoms with Crippen LogP contribution in [0.25, 0.3) is 6.08 Å². The minimum absolute atomic E-state index is 0.166. The van der Waals surface area contributed by atoms with E-state index in [9.17, 15) is 9.59 Å². The molecule has 0 spiro atoms. The molecule has 0 N–H and O–H groups in total. The molecule has 0 radical (unpaired) electrons. The third kappa shape index (κ3) is 4.84. The van der Waals surface area contributed by atoms with E-state index in [1.165, 1.54) is 0 Å². The summed E-state index contributed by atoms with van der Waals surface area (Å²) in [5.41, 5.74) is 2.12. The Hall–Kier alpha value is -2.30. The van der Waals surface area contributed by atoms with Gasteiger partial charge in [-0.3, -0.25) is 9.59 Å². The molecule has 0 saturated heterocycles. The molecule has 1 aromatic carbocycles. The van der Waals surface area contributed by atoms with Crippen LogP contribution in [-0.2, 0) is 19.1 Å². The summed E-state index contributed by atoms with van der Waals surface area (Å²) in [6, 6.07) is 7.71. The van der Waals surface area contributed by atoms with Crippen LogP contribution in [-0.4, -0.2) is 32.3 Å². The van der Waals surface area contributed by atoms with E-state index in [1.54, 1.807) is 21.0 Å². The van der Waals surface area contributed by atoms with Crippen molar-refractivity contribution in [3.8, 4) is 5.75 Å². The highest BCUT2D eigenvalue weighted by atomic mass is 16.6. The van der Waals surface area contributed by atoms with Crippen molar-refractivity contribution in [2.45, 2.75) is 33.1 Å². The van der Waals surface area contributed by atoms with E-state index >= 15 is 0 Å². The first kappa shape index (κ1) is 19.0. The molecule has 1 aliphatic rings. The molecule has 0 aliphatic heterocycles. The number of carbonyl (C=O) groups is 2. The summed E-state index contributed by atoms with van der Waals surface area (Å²) in [6.45, 7) is 3.98. The highest BCUT2D eigenvalue weighted by molar-refractivity contribution is 5.96. The molecule has 2 rings (SSSR count). The summed E-state index contributed by atoms with van der Waals surface area (Å²) < 4.78 is 15.4. The van der Waals surface area contributed by atoms with E-state index in [0.717, 1.165) is 36.1 Å². The summed E-state index contributed by atoms with van der Waals surface area (Å²) in [4.78, 5) is 24.7. The Morgan fingerprint density at radius 1 is 1.12 bits per heavy atom. The quantitative estimate of drug-likeness (QED) is 0.557. The van der Waals surface area contributed by atoms with Crippen molar-refractivity contribution >= 4 is 18.0 Å². The fraction of sp³-hybridized carbons (Fsp3) is 0.500. The molecule has 5 heteroatoms. The molecule has 0 bridgehead atoms. The molecule has 0 heterocycles. The Labute approximate surface area is 149 Å². The molecule has 1 aliphatic carbocycles. The van der Waals surface area contributed by atoms with Crippen molar-refractivity contribution in [1.29, 1.82) is 0 Å². The van der Waals surface area contributed by atoms with Gasteiger partial charge in [0.2, 0.25) is 0 Å². The first-order valence-electron chi connectivity index (χ1n) is 8.78. The van der Waals surface area contributed by atoms with Crippen LogP contribution in [0.5, 0.6) is 5.75 Å². The molecule has 1 atom stereocenters. The Morgan fingerprint density at radius 3 is 2.24 bits per heavy atom. The predicted octanol–water partition coefficient (Wildman–Crippen LogP) is 3.62. The number of methoxy groups -OCH3 is 1. The van der Waals surface area contributed by atoms with Gasteiger partial charge < -0.3 is 14.2 Å². The van der Waals surface area contributed by atoms with E-state index in [2.05, 4.69) is 6.08 Å². The van der Waals surface area contributed by atoms with Crippen molar-refractivity contribution in [2.75, 3.05) is 20.3 Å². The summed E-state index contributed by atoms with van der Waals surface area (Å²) >= 11 is 0. The lowest BCUT2D eigenvalue weighted by Gasteiger charge is -2.21. The fourth-order valence-electron chi connectivity index (χ4n) is 3.26. The van der Waals surface area contributed by atoms with Gasteiger partial charge in [0.05, 0.1) is 20.3 Å². The lowest BCUT2D eigenvalue weighted by atomic mass is 9.86. The number of hydrogen-bond donors (Lipinski definition) is 0. The minimum Gasteiger partial charge on any atom is -0.497 e. The molecule has 5 nitrogen and oxygen atoms in total. The van der Waals surface area contributed by atoms with Gasteiger partial charge in [-0.1, -0.05) is 23.8 Å². The van der Waals surface area contributed by atoms with Crippen molar-refractivity contribution in [1.82, 2.24) is 0 Å². The van der Waals surface area contributed by atoms with Crippen LogP contribution >= 0.6 is 0 Å². The van der Waals surface area contributed by atoms with E-state index < -0.39 is 17.9 Å². The van der Waals surface area contributed by atoms with Gasteiger partial charge in [-0.2, -0.15) is 0 Å². The SMILES string of the molecule is CCOC(=O)C(C(=O)OCC)C1CCC/C1=C/c1ccc(OC)cc1. The zero-order valence-corrected chi connectivity index (χ0v) is 15.1. The molecule has 1 aromatic rings. The summed E-state index contributed by atoms with van der Waals surface area (Å²) in [7, 11) is 1.63. The average Bonchev–Trinajstić information content (AvgIpc) is 3.04. The maximum Gasteiger partial charge on any atom is 0.320 e. The maximum absolute atomic E-state index is 12.4. The van der Waals surface area contributed by atoms with Crippen LogP contribution in [0.2, 0.25) is 0 Å². The second-order valence-corrected chi connectivity index (χ2v) is 5.97. The maximum atomic E-state index is 12.4. The lowest BCUT2D eigenvalue weighted by molar-refractivity contribution is -0.163. The monoisotopic (exact) mass is 346 g/mol. The van der Waals surface area contributed by atoms with Crippen LogP contribution in [0.4, 0.5) is 0 Å². The number of benzene rings is 1. The van der Waals surface area contributed by atoms with E-state index in [0.29, 0.717) is 0 Å². The summed E-state index contributed by atoms with van der Waals surface area (Å²) in [5.74, 6) is -1.24. The number of rotatable bonds is 7. The number of esters is 2. The van der Waals surface area contributed by atoms with E-state index in [-0.39, 0.29) is 19.1 Å². The standard InChI is InChI=1S/C20H26O5/c1-4-24-19(21)18(20(22)25-5-2)17-8-6-7-15(17)13-14-9-11-16(23-3)12-10-14/h9-13,17-18H,4-8H2,1-3H3/b15-13-. The Kier molecular flexibility index (Phi) is 7.04. The molecule has 0 aromatic heterocycles. The lowest BCUT2D eigenvalue weighted by Crippen LogP contribution is -2.34. The number of hydrogen-bond acceptors (Lipinski definition) is 5. The van der Waals surface area contributed by atoms with Gasteiger partial charge in [0.15, 0.2) is 5.92 Å². The second kappa shape index (κ2) is 9.25. The average molecular weight is 346 g/mol. The van der Waals surface area contributed by atoms with Gasteiger partial charge in [0.25, 0.3) is 0 Å². The molecule has 25 heavy (non-hydrogen) atoms. The largest absolute Gasteiger partial charge is 0.497 e. The zero-order valence-electron chi connectivity index (χ0n) is 15.1. The van der Waals surface area contributed by atoms with Crippen LogP contribution in [0.3, 0.4) is 0 Å². The third-order valence-electron chi connectivity index (χ3n) is 4.41. The first-order chi connectivity index (χ1) is 12.1. The van der Waals surface area contributed by atoms with Crippen LogP contribution in [0.1, 0.15) is 38.7 Å². The van der Waals surface area contributed by atoms with Gasteiger partial charge in [0, 0.05) is 5.92 Å². The minimum atomic E-state index is -0.883.